The van der Waals surface area contributed by atoms with Crippen LogP contribution in [0.25, 0.3) is 10.2 Å². The number of terminal acetylenes is 1. The Morgan fingerprint density at radius 3 is 2.58 bits per heavy atom. The first-order valence-electron chi connectivity index (χ1n) is 9.72. The zero-order valence-corrected chi connectivity index (χ0v) is 19.9. The highest BCUT2D eigenvalue weighted by atomic mass is 35.5. The number of amides is 1. The second-order valence-corrected chi connectivity index (χ2v) is 9.07. The Bertz CT molecular complexity index is 1470. The first-order valence-corrected chi connectivity index (χ1v) is 11.3. The molecule has 2 aromatic carbocycles. The second kappa shape index (κ2) is 9.20. The molecule has 164 valence electrons. The highest BCUT2D eigenvalue weighted by molar-refractivity contribution is 7.21. The van der Waals surface area contributed by atoms with E-state index in [-0.39, 0.29) is 5.91 Å². The molecular formula is C24H17Cl2N5OS. The van der Waals surface area contributed by atoms with Gasteiger partial charge in [0.15, 0.2) is 0 Å². The molecule has 0 unspecified atom stereocenters. The molecule has 0 atom stereocenters. The van der Waals surface area contributed by atoms with Gasteiger partial charge in [-0.1, -0.05) is 35.2 Å². The minimum Gasteiger partial charge on any atom is -0.397 e. The zero-order chi connectivity index (χ0) is 23.7. The van der Waals surface area contributed by atoms with Crippen LogP contribution in [0.4, 0.5) is 22.7 Å². The van der Waals surface area contributed by atoms with Crippen LogP contribution in [0.5, 0.6) is 0 Å². The molecule has 0 aliphatic carbocycles. The zero-order valence-electron chi connectivity index (χ0n) is 17.6. The van der Waals surface area contributed by atoms with Crippen LogP contribution in [-0.2, 0) is 0 Å². The summed E-state index contributed by atoms with van der Waals surface area (Å²) >= 11 is 13.3. The van der Waals surface area contributed by atoms with Gasteiger partial charge in [0, 0.05) is 26.7 Å². The number of halogens is 2. The number of rotatable bonds is 4. The smallest absolute Gasteiger partial charge is 0.267 e. The SMILES string of the molecule is C#Cc1cccc(NC(=O)c2sc3nc(C)c(N=Nc4cc(Cl)cc(Cl)c4)c(C)c3c2N)c1. The number of aryl methyl sites for hydroxylation is 2. The van der Waals surface area contributed by atoms with Crippen LogP contribution >= 0.6 is 34.5 Å². The van der Waals surface area contributed by atoms with Gasteiger partial charge in [0.1, 0.15) is 15.4 Å². The van der Waals surface area contributed by atoms with Crippen LogP contribution in [0.15, 0.2) is 52.7 Å². The maximum Gasteiger partial charge on any atom is 0.267 e. The van der Waals surface area contributed by atoms with Crippen molar-refractivity contribution in [2.75, 3.05) is 11.1 Å². The molecule has 9 heteroatoms. The molecular weight excluding hydrogens is 477 g/mol. The van der Waals surface area contributed by atoms with Crippen LogP contribution in [0.1, 0.15) is 26.5 Å². The third kappa shape index (κ3) is 4.69. The standard InChI is InChI=1S/C24H17Cl2N5OS/c1-4-14-6-5-7-17(8-14)29-23(32)22-20(27)19-12(2)21(13(3)28-24(19)33-22)31-30-18-10-15(25)9-16(26)11-18/h1,5-11H,27H2,2-3H3,(H,29,32). The maximum atomic E-state index is 12.9. The highest BCUT2D eigenvalue weighted by Crippen LogP contribution is 2.40. The number of azo groups is 1. The predicted molar refractivity (Wildman–Crippen MR) is 136 cm³/mol. The molecule has 0 aliphatic rings. The molecule has 0 spiro atoms. The van der Waals surface area contributed by atoms with Gasteiger partial charge in [0.25, 0.3) is 5.91 Å². The molecule has 4 rings (SSSR count). The van der Waals surface area contributed by atoms with Crippen molar-refractivity contribution in [3.8, 4) is 12.3 Å². The van der Waals surface area contributed by atoms with Crippen molar-refractivity contribution in [2.24, 2.45) is 10.2 Å². The van der Waals surface area contributed by atoms with E-state index in [4.69, 9.17) is 35.4 Å². The summed E-state index contributed by atoms with van der Waals surface area (Å²) < 4.78 is 0. The quantitative estimate of drug-likeness (QED) is 0.228. The third-order valence-electron chi connectivity index (χ3n) is 4.87. The van der Waals surface area contributed by atoms with E-state index in [1.54, 1.807) is 42.5 Å². The molecule has 2 aromatic heterocycles. The van der Waals surface area contributed by atoms with Gasteiger partial charge in [-0.05, 0) is 55.8 Å². The largest absolute Gasteiger partial charge is 0.397 e. The number of anilines is 2. The van der Waals surface area contributed by atoms with Gasteiger partial charge >= 0.3 is 0 Å². The number of nitrogens with one attached hydrogen (secondary N) is 1. The molecule has 4 aromatic rings. The Kier molecular flexibility index (Phi) is 6.34. The van der Waals surface area contributed by atoms with Gasteiger partial charge in [0.2, 0.25) is 0 Å². The minimum atomic E-state index is -0.335. The Balaban J connectivity index is 1.71. The number of carbonyl (C=O) groups excluding carboxylic acids is 1. The van der Waals surface area contributed by atoms with Gasteiger partial charge in [-0.15, -0.1) is 22.9 Å². The summed E-state index contributed by atoms with van der Waals surface area (Å²) in [5, 5.41) is 13.1. The lowest BCUT2D eigenvalue weighted by molar-refractivity contribution is 0.103. The summed E-state index contributed by atoms with van der Waals surface area (Å²) in [7, 11) is 0. The van der Waals surface area contributed by atoms with Crippen molar-refractivity contribution >= 4 is 73.4 Å². The number of aromatic nitrogens is 1. The summed E-state index contributed by atoms with van der Waals surface area (Å²) in [6, 6.07) is 12.0. The lowest BCUT2D eigenvalue weighted by Gasteiger charge is -2.06. The molecule has 33 heavy (non-hydrogen) atoms. The number of hydrogen-bond acceptors (Lipinski definition) is 6. The average Bonchev–Trinajstić information content (AvgIpc) is 3.09. The van der Waals surface area contributed by atoms with Crippen LogP contribution in [-0.4, -0.2) is 10.9 Å². The molecule has 0 aliphatic heterocycles. The van der Waals surface area contributed by atoms with Gasteiger partial charge < -0.3 is 11.1 Å². The number of nitrogens with zero attached hydrogens (tertiary/aromatic N) is 3. The fraction of sp³-hybridized carbons (Fsp3) is 0.0833. The second-order valence-electron chi connectivity index (χ2n) is 7.20. The number of hydrogen-bond donors (Lipinski definition) is 2. The van der Waals surface area contributed by atoms with Gasteiger partial charge in [-0.25, -0.2) is 4.98 Å². The summed E-state index contributed by atoms with van der Waals surface area (Å²) in [4.78, 5) is 18.6. The number of nitrogens with two attached hydrogens (primary N) is 1. The van der Waals surface area contributed by atoms with Crippen molar-refractivity contribution in [2.45, 2.75) is 13.8 Å². The summed E-state index contributed by atoms with van der Waals surface area (Å²) in [6.07, 6.45) is 5.44. The number of thiophene rings is 1. The van der Waals surface area contributed by atoms with Crippen molar-refractivity contribution in [1.29, 1.82) is 0 Å². The van der Waals surface area contributed by atoms with E-state index in [1.807, 2.05) is 13.8 Å². The number of nitrogen functional groups attached to an aromatic ring is 1. The monoisotopic (exact) mass is 493 g/mol. The van der Waals surface area contributed by atoms with E-state index in [9.17, 15) is 4.79 Å². The number of benzene rings is 2. The normalized spacial score (nSPS) is 11.1. The number of fused-ring (bicyclic) bond motifs is 1. The lowest BCUT2D eigenvalue weighted by atomic mass is 10.1. The molecule has 6 nitrogen and oxygen atoms in total. The van der Waals surface area contributed by atoms with Crippen molar-refractivity contribution in [3.63, 3.8) is 0 Å². The third-order valence-corrected chi connectivity index (χ3v) is 6.41. The molecule has 0 radical (unpaired) electrons. The van der Waals surface area contributed by atoms with Crippen LogP contribution in [0.2, 0.25) is 10.0 Å². The maximum absolute atomic E-state index is 12.9. The predicted octanol–water partition coefficient (Wildman–Crippen LogP) is 7.45. The Hall–Kier alpha value is -3.44. The van der Waals surface area contributed by atoms with Gasteiger partial charge in [-0.2, -0.15) is 5.11 Å². The van der Waals surface area contributed by atoms with Crippen LogP contribution in [0.3, 0.4) is 0 Å². The van der Waals surface area contributed by atoms with E-state index < -0.39 is 0 Å². The van der Waals surface area contributed by atoms with Crippen molar-refractivity contribution in [3.05, 3.63) is 74.2 Å². The van der Waals surface area contributed by atoms with E-state index in [2.05, 4.69) is 26.4 Å². The molecule has 1 amide bonds. The summed E-state index contributed by atoms with van der Waals surface area (Å²) in [5.41, 5.74) is 10.5. The topological polar surface area (TPSA) is 92.7 Å². The average molecular weight is 494 g/mol. The number of pyridine rings is 1. The van der Waals surface area contributed by atoms with Crippen LogP contribution < -0.4 is 11.1 Å². The lowest BCUT2D eigenvalue weighted by Crippen LogP contribution is -2.12. The minimum absolute atomic E-state index is 0.335. The fourth-order valence-corrected chi connectivity index (χ4v) is 4.97. The van der Waals surface area contributed by atoms with E-state index >= 15 is 0 Å². The Morgan fingerprint density at radius 1 is 1.15 bits per heavy atom. The van der Waals surface area contributed by atoms with E-state index in [0.29, 0.717) is 59.1 Å². The molecule has 0 fully saturated rings. The Morgan fingerprint density at radius 2 is 1.88 bits per heavy atom. The first kappa shape index (κ1) is 22.7. The van der Waals surface area contributed by atoms with Crippen molar-refractivity contribution < 1.29 is 4.79 Å². The van der Waals surface area contributed by atoms with Gasteiger partial charge in [0.05, 0.1) is 17.1 Å². The van der Waals surface area contributed by atoms with Crippen molar-refractivity contribution in [1.82, 2.24) is 4.98 Å². The Labute approximate surface area is 204 Å². The first-order chi connectivity index (χ1) is 15.8. The molecule has 3 N–H and O–H groups in total. The van der Waals surface area contributed by atoms with E-state index in [0.717, 1.165) is 5.56 Å². The molecule has 0 saturated heterocycles. The highest BCUT2D eigenvalue weighted by Gasteiger charge is 2.21. The van der Waals surface area contributed by atoms with Gasteiger partial charge in [-0.3, -0.25) is 4.79 Å². The summed E-state index contributed by atoms with van der Waals surface area (Å²) in [6.45, 7) is 3.70. The fourth-order valence-electron chi connectivity index (χ4n) is 3.36. The molecule has 0 bridgehead atoms. The number of carbonyl (C=O) groups is 1. The van der Waals surface area contributed by atoms with Crippen LogP contribution in [0, 0.1) is 26.2 Å². The molecule has 0 saturated carbocycles. The summed E-state index contributed by atoms with van der Waals surface area (Å²) in [5.74, 6) is 2.21. The molecule has 2 heterocycles. The van der Waals surface area contributed by atoms with E-state index in [1.165, 1.54) is 11.3 Å².